The molecule has 8 nitrogen and oxygen atoms in total. The molecule has 23 heavy (non-hydrogen) atoms. The Morgan fingerprint density at radius 3 is 2.61 bits per heavy atom. The van der Waals surface area contributed by atoms with Crippen molar-refractivity contribution in [2.75, 3.05) is 6.61 Å². The number of non-ortho nitro benzene ring substituents is 1. The zero-order valence-corrected chi connectivity index (χ0v) is 12.8. The topological polar surface area (TPSA) is 136 Å². The normalized spacial score (nSPS) is 11.9. The average Bonchev–Trinajstić information content (AvgIpc) is 2.50. The number of nitro groups is 1. The van der Waals surface area contributed by atoms with Gasteiger partial charge in [-0.05, 0) is 25.3 Å². The first-order valence-electron chi connectivity index (χ1n) is 7.47. The van der Waals surface area contributed by atoms with E-state index in [4.69, 9.17) is 15.6 Å². The van der Waals surface area contributed by atoms with Crippen LogP contribution in [-0.2, 0) is 6.42 Å². The smallest absolute Gasteiger partial charge is 0.409 e. The molecule has 0 saturated carbocycles. The van der Waals surface area contributed by atoms with Gasteiger partial charge in [0.05, 0.1) is 17.6 Å². The van der Waals surface area contributed by atoms with Crippen molar-refractivity contribution < 1.29 is 24.7 Å². The van der Waals surface area contributed by atoms with E-state index in [0.29, 0.717) is 18.4 Å². The number of aliphatic hydroxyl groups excluding tert-OH is 2. The maximum Gasteiger partial charge on any atom is 0.409 e. The fourth-order valence-electron chi connectivity index (χ4n) is 2.22. The van der Waals surface area contributed by atoms with Gasteiger partial charge in [-0.1, -0.05) is 19.3 Å². The summed E-state index contributed by atoms with van der Waals surface area (Å²) in [5.41, 5.74) is 5.48. The van der Waals surface area contributed by atoms with Crippen LogP contribution in [0.25, 0.3) is 0 Å². The first kappa shape index (κ1) is 18.9. The summed E-state index contributed by atoms with van der Waals surface area (Å²) in [6.45, 7) is -0.235. The van der Waals surface area contributed by atoms with Crippen LogP contribution < -0.4 is 10.5 Å². The van der Waals surface area contributed by atoms with E-state index in [0.717, 1.165) is 25.7 Å². The molecule has 0 aromatic heterocycles. The summed E-state index contributed by atoms with van der Waals surface area (Å²) >= 11 is 0. The molecule has 1 unspecified atom stereocenters. The number of nitro benzene ring substituents is 1. The Kier molecular flexibility index (Phi) is 8.00. The van der Waals surface area contributed by atoms with E-state index in [1.54, 1.807) is 0 Å². The summed E-state index contributed by atoms with van der Waals surface area (Å²) in [5.74, 6) is 0.235. The highest BCUT2D eigenvalue weighted by molar-refractivity contribution is 5.69. The van der Waals surface area contributed by atoms with Crippen molar-refractivity contribution in [1.82, 2.24) is 0 Å². The van der Waals surface area contributed by atoms with Crippen LogP contribution in [0.2, 0.25) is 0 Å². The van der Waals surface area contributed by atoms with E-state index in [2.05, 4.69) is 0 Å². The number of nitrogens with zero attached hydrogens (tertiary/aromatic N) is 1. The summed E-state index contributed by atoms with van der Waals surface area (Å²) in [7, 11) is 0. The number of primary amides is 1. The zero-order valence-electron chi connectivity index (χ0n) is 12.8. The van der Waals surface area contributed by atoms with Crippen molar-refractivity contribution in [3.05, 3.63) is 33.9 Å². The number of amides is 1. The molecule has 0 radical (unpaired) electrons. The maximum atomic E-state index is 10.9. The largest absolute Gasteiger partial charge is 0.410 e. The molecule has 128 valence electrons. The van der Waals surface area contributed by atoms with Gasteiger partial charge in [0, 0.05) is 17.7 Å². The van der Waals surface area contributed by atoms with Gasteiger partial charge in [0.25, 0.3) is 5.69 Å². The summed E-state index contributed by atoms with van der Waals surface area (Å²) in [5, 5.41) is 28.7. The third-order valence-corrected chi connectivity index (χ3v) is 3.41. The summed E-state index contributed by atoms with van der Waals surface area (Å²) in [4.78, 5) is 21.2. The molecular weight excluding hydrogens is 304 g/mol. The fourth-order valence-corrected chi connectivity index (χ4v) is 2.22. The van der Waals surface area contributed by atoms with Crippen LogP contribution in [0.1, 0.15) is 37.7 Å². The number of aliphatic hydroxyl groups is 2. The Morgan fingerprint density at radius 2 is 2.00 bits per heavy atom. The molecule has 0 aliphatic heterocycles. The Bertz CT molecular complexity index is 535. The number of rotatable bonds is 10. The number of hydrogen-bond acceptors (Lipinski definition) is 6. The molecule has 1 atom stereocenters. The number of aryl methyl sites for hydroxylation is 1. The predicted octanol–water partition coefficient (Wildman–Crippen LogP) is 1.90. The molecule has 1 amide bonds. The Morgan fingerprint density at radius 1 is 1.30 bits per heavy atom. The van der Waals surface area contributed by atoms with E-state index in [1.807, 2.05) is 0 Å². The first-order chi connectivity index (χ1) is 10.9. The van der Waals surface area contributed by atoms with Crippen molar-refractivity contribution in [2.24, 2.45) is 5.73 Å². The van der Waals surface area contributed by atoms with E-state index in [1.165, 1.54) is 18.2 Å². The second-order valence-corrected chi connectivity index (χ2v) is 5.26. The standard InChI is InChI=1S/C15H22N2O6/c16-15(20)23-14-8-7-12(17(21)22)9-11(14)5-3-1-2-4-6-13(19)10-18/h7-9,13,18-19H,1-6,10H2,(H2,16,20). The van der Waals surface area contributed by atoms with Crippen molar-refractivity contribution in [3.8, 4) is 5.75 Å². The van der Waals surface area contributed by atoms with Gasteiger partial charge in [-0.2, -0.15) is 0 Å². The molecule has 1 aromatic rings. The van der Waals surface area contributed by atoms with Crippen LogP contribution in [0.15, 0.2) is 18.2 Å². The maximum absolute atomic E-state index is 10.9. The van der Waals surface area contributed by atoms with Gasteiger partial charge in [-0.3, -0.25) is 10.1 Å². The zero-order chi connectivity index (χ0) is 17.2. The second-order valence-electron chi connectivity index (χ2n) is 5.26. The Labute approximate surface area is 134 Å². The van der Waals surface area contributed by atoms with E-state index < -0.39 is 17.1 Å². The van der Waals surface area contributed by atoms with Crippen molar-refractivity contribution in [1.29, 1.82) is 0 Å². The van der Waals surface area contributed by atoms with Gasteiger partial charge >= 0.3 is 6.09 Å². The number of benzene rings is 1. The summed E-state index contributed by atoms with van der Waals surface area (Å²) in [6, 6.07) is 4.02. The number of carbonyl (C=O) groups is 1. The number of hydrogen-bond donors (Lipinski definition) is 3. The van der Waals surface area contributed by atoms with E-state index >= 15 is 0 Å². The van der Waals surface area contributed by atoms with Crippen LogP contribution in [0, 0.1) is 10.1 Å². The van der Waals surface area contributed by atoms with Crippen molar-refractivity contribution in [2.45, 2.75) is 44.6 Å². The van der Waals surface area contributed by atoms with Crippen LogP contribution in [0.4, 0.5) is 10.5 Å². The Balaban J connectivity index is 2.54. The highest BCUT2D eigenvalue weighted by Gasteiger charge is 2.13. The lowest BCUT2D eigenvalue weighted by Gasteiger charge is -2.09. The van der Waals surface area contributed by atoms with Crippen LogP contribution in [-0.4, -0.2) is 33.9 Å². The van der Waals surface area contributed by atoms with Gasteiger partial charge in [0.1, 0.15) is 5.75 Å². The average molecular weight is 326 g/mol. The molecule has 8 heteroatoms. The van der Waals surface area contributed by atoms with Crippen molar-refractivity contribution in [3.63, 3.8) is 0 Å². The molecule has 0 bridgehead atoms. The fraction of sp³-hybridized carbons (Fsp3) is 0.533. The molecule has 0 aliphatic rings. The number of ether oxygens (including phenoxy) is 1. The second kappa shape index (κ2) is 9.75. The molecular formula is C15H22N2O6. The monoisotopic (exact) mass is 326 g/mol. The molecule has 0 heterocycles. The minimum atomic E-state index is -0.960. The minimum absolute atomic E-state index is 0.0668. The third-order valence-electron chi connectivity index (χ3n) is 3.41. The lowest BCUT2D eigenvalue weighted by Crippen LogP contribution is -2.17. The molecule has 0 spiro atoms. The molecule has 1 rings (SSSR count). The molecule has 0 saturated heterocycles. The lowest BCUT2D eigenvalue weighted by molar-refractivity contribution is -0.384. The Hall–Kier alpha value is -2.19. The van der Waals surface area contributed by atoms with Gasteiger partial charge < -0.3 is 20.7 Å². The number of unbranched alkanes of at least 4 members (excludes halogenated alkanes) is 3. The third kappa shape index (κ3) is 7.07. The van der Waals surface area contributed by atoms with Gasteiger partial charge in [0.2, 0.25) is 0 Å². The predicted molar refractivity (Wildman–Crippen MR) is 83.2 cm³/mol. The highest BCUT2D eigenvalue weighted by atomic mass is 16.6. The molecule has 1 aromatic carbocycles. The number of nitrogens with two attached hydrogens (primary N) is 1. The van der Waals surface area contributed by atoms with Crippen molar-refractivity contribution >= 4 is 11.8 Å². The quantitative estimate of drug-likeness (QED) is 0.341. The van der Waals surface area contributed by atoms with E-state index in [-0.39, 0.29) is 18.0 Å². The van der Waals surface area contributed by atoms with Gasteiger partial charge in [0.15, 0.2) is 0 Å². The minimum Gasteiger partial charge on any atom is -0.410 e. The number of carbonyl (C=O) groups excluding carboxylic acids is 1. The van der Waals surface area contributed by atoms with E-state index in [9.17, 15) is 20.0 Å². The molecule has 4 N–H and O–H groups in total. The van der Waals surface area contributed by atoms with Gasteiger partial charge in [-0.15, -0.1) is 0 Å². The lowest BCUT2D eigenvalue weighted by atomic mass is 10.0. The highest BCUT2D eigenvalue weighted by Crippen LogP contribution is 2.26. The molecule has 0 aliphatic carbocycles. The van der Waals surface area contributed by atoms with Gasteiger partial charge in [-0.25, -0.2) is 4.79 Å². The van der Waals surface area contributed by atoms with Crippen LogP contribution in [0.3, 0.4) is 0 Å². The van der Waals surface area contributed by atoms with Crippen LogP contribution >= 0.6 is 0 Å². The van der Waals surface area contributed by atoms with Crippen LogP contribution in [0.5, 0.6) is 5.75 Å². The first-order valence-corrected chi connectivity index (χ1v) is 7.47. The summed E-state index contributed by atoms with van der Waals surface area (Å²) < 4.78 is 4.86. The summed E-state index contributed by atoms with van der Waals surface area (Å²) in [6.07, 6.45) is 2.71. The molecule has 0 fully saturated rings. The SMILES string of the molecule is NC(=O)Oc1ccc([N+](=O)[O-])cc1CCCCCCC(O)CO.